The Morgan fingerprint density at radius 1 is 1.64 bits per heavy atom. The van der Waals surface area contributed by atoms with E-state index in [0.717, 1.165) is 6.26 Å². The Hall–Kier alpha value is -1.37. The standard InChI is InChI=1S/C7H10N2O4S/c1-5-7(6(10)11,14(2,12)13)9-4-3-8-5/h3-4,9H,1-2H3,(H,10,11). The van der Waals surface area contributed by atoms with Crippen LogP contribution in [0.4, 0.5) is 0 Å². The molecule has 0 bridgehead atoms. The van der Waals surface area contributed by atoms with E-state index in [1.807, 2.05) is 0 Å². The summed E-state index contributed by atoms with van der Waals surface area (Å²) >= 11 is 0. The Morgan fingerprint density at radius 3 is 2.50 bits per heavy atom. The van der Waals surface area contributed by atoms with Gasteiger partial charge in [-0.1, -0.05) is 0 Å². The van der Waals surface area contributed by atoms with Crippen molar-refractivity contribution in [2.75, 3.05) is 6.26 Å². The van der Waals surface area contributed by atoms with Crippen LogP contribution in [0.25, 0.3) is 0 Å². The van der Waals surface area contributed by atoms with Gasteiger partial charge in [-0.05, 0) is 6.92 Å². The molecule has 78 valence electrons. The molecular weight excluding hydrogens is 208 g/mol. The van der Waals surface area contributed by atoms with Crippen LogP contribution in [0.5, 0.6) is 0 Å². The van der Waals surface area contributed by atoms with Gasteiger partial charge in [-0.25, -0.2) is 13.2 Å². The topological polar surface area (TPSA) is 95.8 Å². The first-order valence-electron chi connectivity index (χ1n) is 3.73. The monoisotopic (exact) mass is 218 g/mol. The van der Waals surface area contributed by atoms with Crippen LogP contribution in [-0.2, 0) is 14.6 Å². The molecule has 0 fully saturated rings. The number of carboxylic acid groups (broad SMARTS) is 1. The van der Waals surface area contributed by atoms with Crippen molar-refractivity contribution in [2.45, 2.75) is 11.8 Å². The molecule has 0 aliphatic carbocycles. The van der Waals surface area contributed by atoms with Gasteiger partial charge in [0.05, 0.1) is 5.71 Å². The molecule has 7 heteroatoms. The third-order valence-electron chi connectivity index (χ3n) is 2.00. The first-order valence-corrected chi connectivity index (χ1v) is 5.62. The summed E-state index contributed by atoms with van der Waals surface area (Å²) in [6, 6.07) is 0. The van der Waals surface area contributed by atoms with E-state index < -0.39 is 20.7 Å². The molecule has 1 aliphatic rings. The molecular formula is C7H10N2O4S. The van der Waals surface area contributed by atoms with E-state index in [2.05, 4.69) is 10.3 Å². The van der Waals surface area contributed by atoms with E-state index in [0.29, 0.717) is 0 Å². The number of carboxylic acids is 1. The van der Waals surface area contributed by atoms with Crippen LogP contribution in [0.3, 0.4) is 0 Å². The molecule has 0 spiro atoms. The lowest BCUT2D eigenvalue weighted by Gasteiger charge is -2.29. The van der Waals surface area contributed by atoms with Crippen molar-refractivity contribution < 1.29 is 18.3 Å². The summed E-state index contributed by atoms with van der Waals surface area (Å²) in [6.07, 6.45) is 3.36. The maximum atomic E-state index is 11.4. The number of hydrogen-bond acceptors (Lipinski definition) is 5. The summed E-state index contributed by atoms with van der Waals surface area (Å²) in [4.78, 5) is 12.5. The van der Waals surface area contributed by atoms with Gasteiger partial charge in [-0.3, -0.25) is 4.99 Å². The number of aliphatic imine (C=N–C) groups is 1. The molecule has 0 aromatic carbocycles. The minimum atomic E-state index is -3.83. The van der Waals surface area contributed by atoms with Crippen molar-refractivity contribution in [3.8, 4) is 0 Å². The maximum Gasteiger partial charge on any atom is 0.351 e. The minimum Gasteiger partial charge on any atom is -0.478 e. The average Bonchev–Trinajstić information content (AvgIpc) is 2.02. The normalized spacial score (nSPS) is 26.6. The van der Waals surface area contributed by atoms with Crippen LogP contribution < -0.4 is 5.32 Å². The summed E-state index contributed by atoms with van der Waals surface area (Å²) in [7, 11) is -3.83. The van der Waals surface area contributed by atoms with Crippen molar-refractivity contribution in [1.82, 2.24) is 5.32 Å². The lowest BCUT2D eigenvalue weighted by molar-refractivity contribution is -0.138. The molecule has 0 radical (unpaired) electrons. The number of carbonyl (C=O) groups is 1. The molecule has 1 atom stereocenters. The van der Waals surface area contributed by atoms with Gasteiger partial charge in [0.2, 0.25) is 0 Å². The summed E-state index contributed by atoms with van der Waals surface area (Å²) in [5, 5.41) is 11.3. The van der Waals surface area contributed by atoms with Gasteiger partial charge in [0, 0.05) is 18.7 Å². The van der Waals surface area contributed by atoms with Crippen molar-refractivity contribution in [1.29, 1.82) is 0 Å². The minimum absolute atomic E-state index is 0.00463. The zero-order valence-electron chi connectivity index (χ0n) is 7.68. The van der Waals surface area contributed by atoms with E-state index in [1.165, 1.54) is 19.3 Å². The third kappa shape index (κ3) is 1.29. The molecule has 1 heterocycles. The number of nitrogens with zero attached hydrogens (tertiary/aromatic N) is 1. The second kappa shape index (κ2) is 3.09. The van der Waals surface area contributed by atoms with Gasteiger partial charge in [0.1, 0.15) is 0 Å². The Morgan fingerprint density at radius 2 is 2.21 bits per heavy atom. The van der Waals surface area contributed by atoms with Crippen LogP contribution in [0.2, 0.25) is 0 Å². The van der Waals surface area contributed by atoms with Crippen LogP contribution in [-0.4, -0.2) is 36.3 Å². The van der Waals surface area contributed by atoms with Gasteiger partial charge >= 0.3 is 5.97 Å². The average molecular weight is 218 g/mol. The van der Waals surface area contributed by atoms with Gasteiger partial charge in [0.15, 0.2) is 9.84 Å². The molecule has 0 saturated carbocycles. The predicted molar refractivity (Wildman–Crippen MR) is 50.6 cm³/mol. The number of aliphatic carboxylic acids is 1. The Labute approximate surface area is 81.3 Å². The van der Waals surface area contributed by atoms with E-state index in [1.54, 1.807) is 0 Å². The molecule has 2 N–H and O–H groups in total. The lowest BCUT2D eigenvalue weighted by Crippen LogP contribution is -2.61. The van der Waals surface area contributed by atoms with Crippen LogP contribution in [0.15, 0.2) is 17.4 Å². The molecule has 14 heavy (non-hydrogen) atoms. The molecule has 0 saturated heterocycles. The van der Waals surface area contributed by atoms with Gasteiger partial charge in [-0.2, -0.15) is 0 Å². The second-order valence-electron chi connectivity index (χ2n) is 2.93. The Bertz CT molecular complexity index is 423. The van der Waals surface area contributed by atoms with Crippen molar-refractivity contribution in [2.24, 2.45) is 4.99 Å². The van der Waals surface area contributed by atoms with E-state index >= 15 is 0 Å². The van der Waals surface area contributed by atoms with Crippen LogP contribution >= 0.6 is 0 Å². The molecule has 1 unspecified atom stereocenters. The number of rotatable bonds is 2. The highest BCUT2D eigenvalue weighted by atomic mass is 32.2. The quantitative estimate of drug-likeness (QED) is 0.642. The number of sulfone groups is 1. The highest BCUT2D eigenvalue weighted by Crippen LogP contribution is 2.19. The number of hydrogen-bond donors (Lipinski definition) is 2. The van der Waals surface area contributed by atoms with Gasteiger partial charge in [-0.15, -0.1) is 0 Å². The summed E-state index contributed by atoms with van der Waals surface area (Å²) in [6.45, 7) is 1.35. The molecule has 0 aromatic rings. The summed E-state index contributed by atoms with van der Waals surface area (Å²) in [5.74, 6) is -1.48. The zero-order chi connectivity index (χ0) is 11.0. The summed E-state index contributed by atoms with van der Waals surface area (Å²) < 4.78 is 22.8. The first-order chi connectivity index (χ1) is 6.32. The highest BCUT2D eigenvalue weighted by Gasteiger charge is 2.51. The van der Waals surface area contributed by atoms with Gasteiger partial charge < -0.3 is 10.4 Å². The molecule has 1 aliphatic heterocycles. The van der Waals surface area contributed by atoms with E-state index in [9.17, 15) is 13.2 Å². The molecule has 0 amide bonds. The van der Waals surface area contributed by atoms with E-state index in [4.69, 9.17) is 5.11 Å². The largest absolute Gasteiger partial charge is 0.478 e. The Kier molecular flexibility index (Phi) is 2.36. The van der Waals surface area contributed by atoms with Crippen molar-refractivity contribution in [3.63, 3.8) is 0 Å². The van der Waals surface area contributed by atoms with E-state index in [-0.39, 0.29) is 5.71 Å². The fourth-order valence-corrected chi connectivity index (χ4v) is 2.44. The summed E-state index contributed by atoms with van der Waals surface area (Å²) in [5.41, 5.74) is -0.00463. The van der Waals surface area contributed by atoms with Gasteiger partial charge in [0.25, 0.3) is 4.87 Å². The van der Waals surface area contributed by atoms with Crippen LogP contribution in [0.1, 0.15) is 6.92 Å². The van der Waals surface area contributed by atoms with Crippen molar-refractivity contribution in [3.05, 3.63) is 12.4 Å². The molecule has 1 rings (SSSR count). The molecule has 0 aromatic heterocycles. The zero-order valence-corrected chi connectivity index (χ0v) is 8.50. The smallest absolute Gasteiger partial charge is 0.351 e. The SMILES string of the molecule is CC1=NC=CNC1(C(=O)O)S(C)(=O)=O. The third-order valence-corrected chi connectivity index (χ3v) is 3.70. The predicted octanol–water partition coefficient (Wildman–Crippen LogP) is -0.653. The fraction of sp³-hybridized carbons (Fsp3) is 0.429. The fourth-order valence-electron chi connectivity index (χ4n) is 1.25. The Balaban J connectivity index is 3.42. The number of nitrogens with one attached hydrogen (secondary N) is 1. The highest BCUT2D eigenvalue weighted by molar-refractivity contribution is 7.93. The maximum absolute atomic E-state index is 11.4. The second-order valence-corrected chi connectivity index (χ2v) is 5.09. The molecule has 6 nitrogen and oxygen atoms in total. The van der Waals surface area contributed by atoms with Crippen LogP contribution in [0, 0.1) is 0 Å². The lowest BCUT2D eigenvalue weighted by atomic mass is 10.1. The van der Waals surface area contributed by atoms with Crippen molar-refractivity contribution >= 4 is 21.5 Å². The first kappa shape index (κ1) is 10.7.